The highest BCUT2D eigenvalue weighted by molar-refractivity contribution is 5.85. The molecule has 0 atom stereocenters. The summed E-state index contributed by atoms with van der Waals surface area (Å²) in [4.78, 5) is 10.0. The van der Waals surface area contributed by atoms with E-state index in [-0.39, 0.29) is 17.5 Å². The molecule has 2 heterocycles. The van der Waals surface area contributed by atoms with E-state index in [1.54, 1.807) is 0 Å². The van der Waals surface area contributed by atoms with Crippen LogP contribution < -0.4 is 5.73 Å². The van der Waals surface area contributed by atoms with Gasteiger partial charge in [0.05, 0.1) is 11.6 Å². The molecule has 0 bridgehead atoms. The van der Waals surface area contributed by atoms with Gasteiger partial charge in [-0.05, 0) is 11.6 Å². The van der Waals surface area contributed by atoms with Crippen LogP contribution in [0.1, 0.15) is 0 Å². The third-order valence-corrected chi connectivity index (χ3v) is 2.79. The first kappa shape index (κ1) is 12.0. The third kappa shape index (κ3) is 1.91. The standard InChI is InChI=1S/C13H9N3O4/c14-13-11(8-4-2-1-3-5-8)12(15-20-13)9-6-7-10(19-9)16(17)18/h1-7H,14H2. The molecule has 2 aromatic heterocycles. The van der Waals surface area contributed by atoms with E-state index >= 15 is 0 Å². The molecule has 0 saturated heterocycles. The fourth-order valence-corrected chi connectivity index (χ4v) is 1.91. The first-order chi connectivity index (χ1) is 9.66. The largest absolute Gasteiger partial charge is 0.433 e. The molecule has 1 aromatic carbocycles. The molecular weight excluding hydrogens is 262 g/mol. The Morgan fingerprint density at radius 1 is 1.15 bits per heavy atom. The Morgan fingerprint density at radius 2 is 1.90 bits per heavy atom. The molecule has 20 heavy (non-hydrogen) atoms. The Bertz CT molecular complexity index is 761. The summed E-state index contributed by atoms with van der Waals surface area (Å²) in [6.07, 6.45) is 0. The van der Waals surface area contributed by atoms with Gasteiger partial charge in [0.2, 0.25) is 5.88 Å². The van der Waals surface area contributed by atoms with Crippen molar-refractivity contribution in [2.75, 3.05) is 5.73 Å². The Balaban J connectivity index is 2.13. The van der Waals surface area contributed by atoms with Gasteiger partial charge in [-0.1, -0.05) is 35.5 Å². The van der Waals surface area contributed by atoms with Gasteiger partial charge in [-0.25, -0.2) is 0 Å². The van der Waals surface area contributed by atoms with E-state index in [2.05, 4.69) is 5.16 Å². The number of hydrogen-bond donors (Lipinski definition) is 1. The summed E-state index contributed by atoms with van der Waals surface area (Å²) in [5.74, 6) is 0.00170. The van der Waals surface area contributed by atoms with Crippen LogP contribution in [-0.2, 0) is 0 Å². The number of aromatic nitrogens is 1. The molecule has 7 nitrogen and oxygen atoms in total. The van der Waals surface area contributed by atoms with Crippen LogP contribution in [0, 0.1) is 10.1 Å². The first-order valence-corrected chi connectivity index (χ1v) is 5.72. The van der Waals surface area contributed by atoms with Crippen molar-refractivity contribution in [2.45, 2.75) is 0 Å². The summed E-state index contributed by atoms with van der Waals surface area (Å²) in [6, 6.07) is 11.9. The lowest BCUT2D eigenvalue weighted by molar-refractivity contribution is -0.401. The van der Waals surface area contributed by atoms with Crippen LogP contribution in [0.4, 0.5) is 11.8 Å². The van der Waals surface area contributed by atoms with Crippen LogP contribution in [0.15, 0.2) is 51.4 Å². The summed E-state index contributed by atoms with van der Waals surface area (Å²) in [6.45, 7) is 0. The molecule has 3 rings (SSSR count). The first-order valence-electron chi connectivity index (χ1n) is 5.72. The fourth-order valence-electron chi connectivity index (χ4n) is 1.91. The van der Waals surface area contributed by atoms with Crippen molar-refractivity contribution < 1.29 is 13.9 Å². The van der Waals surface area contributed by atoms with Crippen LogP contribution in [0.2, 0.25) is 0 Å². The minimum atomic E-state index is -0.616. The molecule has 0 amide bonds. The zero-order chi connectivity index (χ0) is 14.1. The van der Waals surface area contributed by atoms with Crippen molar-refractivity contribution in [2.24, 2.45) is 0 Å². The second-order valence-electron chi connectivity index (χ2n) is 4.03. The molecular formula is C13H9N3O4. The summed E-state index contributed by atoms with van der Waals surface area (Å²) in [5.41, 5.74) is 7.45. The summed E-state index contributed by atoms with van der Waals surface area (Å²) in [7, 11) is 0. The summed E-state index contributed by atoms with van der Waals surface area (Å²) >= 11 is 0. The van der Waals surface area contributed by atoms with Gasteiger partial charge < -0.3 is 14.7 Å². The predicted octanol–water partition coefficient (Wildman–Crippen LogP) is 3.09. The van der Waals surface area contributed by atoms with Gasteiger partial charge in [-0.3, -0.25) is 10.1 Å². The third-order valence-electron chi connectivity index (χ3n) is 2.79. The maximum atomic E-state index is 10.6. The Labute approximate surface area is 112 Å². The summed E-state index contributed by atoms with van der Waals surface area (Å²) < 4.78 is 10.1. The zero-order valence-corrected chi connectivity index (χ0v) is 10.1. The normalized spacial score (nSPS) is 10.6. The van der Waals surface area contributed by atoms with Gasteiger partial charge >= 0.3 is 5.88 Å². The Morgan fingerprint density at radius 3 is 2.55 bits per heavy atom. The monoisotopic (exact) mass is 271 g/mol. The Kier molecular flexibility index (Phi) is 2.72. The van der Waals surface area contributed by atoms with Gasteiger partial charge in [0.25, 0.3) is 0 Å². The van der Waals surface area contributed by atoms with Gasteiger partial charge in [0.1, 0.15) is 4.92 Å². The highest BCUT2D eigenvalue weighted by atomic mass is 16.6. The second-order valence-corrected chi connectivity index (χ2v) is 4.03. The van der Waals surface area contributed by atoms with Crippen LogP contribution in [0.3, 0.4) is 0 Å². The average Bonchev–Trinajstić information content (AvgIpc) is 3.06. The average molecular weight is 271 g/mol. The molecule has 7 heteroatoms. The number of furan rings is 1. The molecule has 0 aliphatic carbocycles. The predicted molar refractivity (Wildman–Crippen MR) is 70.7 cm³/mol. The van der Waals surface area contributed by atoms with E-state index in [0.29, 0.717) is 11.3 Å². The molecule has 0 saturated carbocycles. The molecule has 3 aromatic rings. The maximum absolute atomic E-state index is 10.6. The fraction of sp³-hybridized carbons (Fsp3) is 0. The van der Waals surface area contributed by atoms with Crippen molar-refractivity contribution in [3.8, 4) is 22.6 Å². The van der Waals surface area contributed by atoms with Crippen LogP contribution in [0.5, 0.6) is 0 Å². The van der Waals surface area contributed by atoms with Crippen LogP contribution in [-0.4, -0.2) is 10.1 Å². The maximum Gasteiger partial charge on any atom is 0.433 e. The second kappa shape index (κ2) is 4.54. The lowest BCUT2D eigenvalue weighted by Gasteiger charge is -1.99. The number of nitrogens with zero attached hydrogens (tertiary/aromatic N) is 2. The molecule has 100 valence electrons. The number of benzene rings is 1. The van der Waals surface area contributed by atoms with E-state index in [1.165, 1.54) is 12.1 Å². The van der Waals surface area contributed by atoms with E-state index in [0.717, 1.165) is 5.56 Å². The minimum absolute atomic E-state index is 0.130. The lowest BCUT2D eigenvalue weighted by atomic mass is 10.0. The van der Waals surface area contributed by atoms with Gasteiger partial charge in [0.15, 0.2) is 11.5 Å². The van der Waals surface area contributed by atoms with Gasteiger partial charge in [0, 0.05) is 0 Å². The molecule has 0 aliphatic rings. The number of anilines is 1. The summed E-state index contributed by atoms with van der Waals surface area (Å²) in [5, 5.41) is 14.5. The molecule has 0 spiro atoms. The van der Waals surface area contributed by atoms with Crippen molar-refractivity contribution in [3.63, 3.8) is 0 Å². The van der Waals surface area contributed by atoms with Crippen molar-refractivity contribution in [3.05, 3.63) is 52.6 Å². The molecule has 2 N–H and O–H groups in total. The topological polar surface area (TPSA) is 108 Å². The molecule has 0 unspecified atom stereocenters. The van der Waals surface area contributed by atoms with Gasteiger partial charge in [-0.2, -0.15) is 0 Å². The van der Waals surface area contributed by atoms with Gasteiger partial charge in [-0.15, -0.1) is 0 Å². The number of nitro groups is 1. The zero-order valence-electron chi connectivity index (χ0n) is 10.1. The number of nitrogens with two attached hydrogens (primary N) is 1. The smallest absolute Gasteiger partial charge is 0.399 e. The number of nitrogen functional groups attached to an aromatic ring is 1. The molecule has 0 aliphatic heterocycles. The van der Waals surface area contributed by atoms with E-state index < -0.39 is 4.92 Å². The minimum Gasteiger partial charge on any atom is -0.399 e. The number of rotatable bonds is 3. The highest BCUT2D eigenvalue weighted by Gasteiger charge is 2.22. The van der Waals surface area contributed by atoms with Crippen molar-refractivity contribution in [1.29, 1.82) is 0 Å². The van der Waals surface area contributed by atoms with Crippen LogP contribution >= 0.6 is 0 Å². The van der Waals surface area contributed by atoms with E-state index in [1.807, 2.05) is 30.3 Å². The van der Waals surface area contributed by atoms with Crippen molar-refractivity contribution >= 4 is 11.8 Å². The van der Waals surface area contributed by atoms with Crippen LogP contribution in [0.25, 0.3) is 22.6 Å². The highest BCUT2D eigenvalue weighted by Crippen LogP contribution is 2.37. The molecule has 0 fully saturated rings. The number of hydrogen-bond acceptors (Lipinski definition) is 6. The van der Waals surface area contributed by atoms with Crippen molar-refractivity contribution in [1.82, 2.24) is 5.16 Å². The quantitative estimate of drug-likeness (QED) is 0.579. The lowest BCUT2D eigenvalue weighted by Crippen LogP contribution is -1.87. The van der Waals surface area contributed by atoms with E-state index in [4.69, 9.17) is 14.7 Å². The van der Waals surface area contributed by atoms with E-state index in [9.17, 15) is 10.1 Å². The SMILES string of the molecule is Nc1onc(-c2ccc([N+](=O)[O-])o2)c1-c1ccccc1. The molecule has 0 radical (unpaired) electrons. The Hall–Kier alpha value is -3.09.